The molecule has 0 aliphatic heterocycles. The molecule has 2 aromatic heterocycles. The number of rotatable bonds is 4. The molecule has 0 spiro atoms. The number of sulfonamides is 2. The third kappa shape index (κ3) is 6.08. The Hall–Kier alpha value is -1.84. The number of thiophene rings is 2. The Morgan fingerprint density at radius 3 is 1.56 bits per heavy atom. The van der Waals surface area contributed by atoms with Crippen LogP contribution in [0.3, 0.4) is 0 Å². The molecule has 27 heavy (non-hydrogen) atoms. The number of hydrogen-bond donors (Lipinski definition) is 3. The van der Waals surface area contributed by atoms with Crippen LogP contribution in [0.2, 0.25) is 0 Å². The van der Waals surface area contributed by atoms with E-state index in [1.165, 1.54) is 26.2 Å². The maximum Gasteiger partial charge on any atom is 0.348 e. The first kappa shape index (κ1) is 23.2. The molecule has 150 valence electrons. The van der Waals surface area contributed by atoms with Gasteiger partial charge in [0.2, 0.25) is 20.0 Å². The standard InChI is InChI=1S/C7H9NO4S2.C6H7NO4S2/c1-4-3-5(6(9)12-2)13-7(4)14(8,10)11;1-3-2-4(5(8)9)12-6(3)13(7,10)11/h3H,1-2H3,(H2,8,10,11);2H,1H3,(H,8,9)(H2,7,10,11). The summed E-state index contributed by atoms with van der Waals surface area (Å²) in [7, 11) is -6.30. The normalized spacial score (nSPS) is 11.4. The number of nitrogens with two attached hydrogens (primary N) is 2. The van der Waals surface area contributed by atoms with Crippen molar-refractivity contribution in [1.29, 1.82) is 0 Å². The van der Waals surface area contributed by atoms with Crippen LogP contribution < -0.4 is 10.3 Å². The lowest BCUT2D eigenvalue weighted by molar-refractivity contribution is 0.0605. The number of aromatic carboxylic acids is 1. The van der Waals surface area contributed by atoms with E-state index >= 15 is 0 Å². The van der Waals surface area contributed by atoms with E-state index in [4.69, 9.17) is 15.4 Å². The van der Waals surface area contributed by atoms with E-state index in [0.717, 1.165) is 11.3 Å². The third-order valence-electron chi connectivity index (χ3n) is 2.86. The van der Waals surface area contributed by atoms with Crippen LogP contribution in [0, 0.1) is 13.8 Å². The molecule has 14 heteroatoms. The van der Waals surface area contributed by atoms with E-state index in [-0.39, 0.29) is 18.2 Å². The second kappa shape index (κ2) is 8.45. The molecule has 0 saturated carbocycles. The van der Waals surface area contributed by atoms with Crippen LogP contribution in [0.4, 0.5) is 0 Å². The first-order chi connectivity index (χ1) is 12.2. The van der Waals surface area contributed by atoms with Crippen LogP contribution in [0.15, 0.2) is 20.6 Å². The van der Waals surface area contributed by atoms with E-state index in [0.29, 0.717) is 22.5 Å². The lowest BCUT2D eigenvalue weighted by Crippen LogP contribution is -2.11. The Morgan fingerprint density at radius 2 is 1.30 bits per heavy atom. The molecule has 0 aliphatic rings. The Bertz CT molecular complexity index is 1080. The van der Waals surface area contributed by atoms with Crippen molar-refractivity contribution < 1.29 is 36.3 Å². The van der Waals surface area contributed by atoms with E-state index in [9.17, 15) is 26.4 Å². The van der Waals surface area contributed by atoms with Gasteiger partial charge >= 0.3 is 11.9 Å². The number of carboxylic acid groups (broad SMARTS) is 1. The third-order valence-corrected chi connectivity index (χ3v) is 8.46. The summed E-state index contributed by atoms with van der Waals surface area (Å²) in [5.41, 5.74) is 0.822. The molecule has 0 amide bonds. The summed E-state index contributed by atoms with van der Waals surface area (Å²) in [6, 6.07) is 2.73. The number of carbonyl (C=O) groups excluding carboxylic acids is 1. The summed E-state index contributed by atoms with van der Waals surface area (Å²) in [6.45, 7) is 3.07. The predicted molar refractivity (Wildman–Crippen MR) is 99.2 cm³/mol. The monoisotopic (exact) mass is 456 g/mol. The molecule has 0 aromatic carbocycles. The fourth-order valence-electron chi connectivity index (χ4n) is 1.80. The molecule has 2 heterocycles. The van der Waals surface area contributed by atoms with Gasteiger partial charge in [0.15, 0.2) is 0 Å². The first-order valence-corrected chi connectivity index (χ1v) is 11.5. The van der Waals surface area contributed by atoms with Gasteiger partial charge in [0.1, 0.15) is 18.2 Å². The van der Waals surface area contributed by atoms with Gasteiger partial charge in [-0.25, -0.2) is 36.7 Å². The van der Waals surface area contributed by atoms with Crippen LogP contribution in [0.5, 0.6) is 0 Å². The first-order valence-electron chi connectivity index (χ1n) is 6.76. The minimum absolute atomic E-state index is 0.00194. The molecule has 0 atom stereocenters. The quantitative estimate of drug-likeness (QED) is 0.566. The Morgan fingerprint density at radius 1 is 0.926 bits per heavy atom. The van der Waals surface area contributed by atoms with Gasteiger partial charge in [0.05, 0.1) is 7.11 Å². The number of carboxylic acids is 1. The molecule has 0 fully saturated rings. The highest BCUT2D eigenvalue weighted by Gasteiger charge is 2.20. The molecule has 0 saturated heterocycles. The van der Waals surface area contributed by atoms with Gasteiger partial charge in [0.25, 0.3) is 0 Å². The van der Waals surface area contributed by atoms with Crippen molar-refractivity contribution in [3.05, 3.63) is 33.0 Å². The number of ether oxygens (including phenoxy) is 1. The number of aryl methyl sites for hydroxylation is 2. The summed E-state index contributed by atoms with van der Waals surface area (Å²) >= 11 is 1.47. The van der Waals surface area contributed by atoms with Gasteiger partial charge < -0.3 is 9.84 Å². The van der Waals surface area contributed by atoms with E-state index < -0.39 is 32.0 Å². The Balaban J connectivity index is 0.000000271. The second-order valence-corrected chi connectivity index (χ2v) is 10.7. The highest BCUT2D eigenvalue weighted by molar-refractivity contribution is 7.91. The van der Waals surface area contributed by atoms with Crippen LogP contribution in [-0.2, 0) is 24.8 Å². The Labute approximate surface area is 163 Å². The van der Waals surface area contributed by atoms with Gasteiger partial charge in [-0.3, -0.25) is 0 Å². The maximum absolute atomic E-state index is 11.1. The zero-order valence-electron chi connectivity index (χ0n) is 14.2. The smallest absolute Gasteiger partial charge is 0.348 e. The van der Waals surface area contributed by atoms with Crippen molar-refractivity contribution in [1.82, 2.24) is 0 Å². The second-order valence-electron chi connectivity index (χ2n) is 5.05. The van der Waals surface area contributed by atoms with Gasteiger partial charge in [-0.05, 0) is 37.1 Å². The Kier molecular flexibility index (Phi) is 7.26. The number of carbonyl (C=O) groups is 2. The maximum atomic E-state index is 11.1. The molecule has 5 N–H and O–H groups in total. The van der Waals surface area contributed by atoms with Gasteiger partial charge in [-0.2, -0.15) is 0 Å². The molecule has 0 aliphatic carbocycles. The van der Waals surface area contributed by atoms with E-state index in [1.807, 2.05) is 0 Å². The van der Waals surface area contributed by atoms with Crippen molar-refractivity contribution in [2.24, 2.45) is 10.3 Å². The highest BCUT2D eigenvalue weighted by atomic mass is 32.3. The number of hydrogen-bond acceptors (Lipinski definition) is 9. The van der Waals surface area contributed by atoms with Gasteiger partial charge in [-0.1, -0.05) is 0 Å². The molecule has 0 unspecified atom stereocenters. The molecular formula is C13H16N2O8S4. The largest absolute Gasteiger partial charge is 0.477 e. The zero-order valence-corrected chi connectivity index (χ0v) is 17.5. The summed E-state index contributed by atoms with van der Waals surface area (Å²) in [5.74, 6) is -1.71. The van der Waals surface area contributed by atoms with Gasteiger partial charge in [-0.15, -0.1) is 22.7 Å². The van der Waals surface area contributed by atoms with Crippen LogP contribution in [0.1, 0.15) is 30.5 Å². The fraction of sp³-hybridized carbons (Fsp3) is 0.231. The van der Waals surface area contributed by atoms with Crippen molar-refractivity contribution in [3.8, 4) is 0 Å². The number of esters is 1. The van der Waals surface area contributed by atoms with Crippen molar-refractivity contribution >= 4 is 54.7 Å². The minimum atomic E-state index is -3.79. The van der Waals surface area contributed by atoms with Crippen LogP contribution >= 0.6 is 22.7 Å². The zero-order chi connectivity index (χ0) is 21.2. The lowest BCUT2D eigenvalue weighted by Gasteiger charge is -1.93. The highest BCUT2D eigenvalue weighted by Crippen LogP contribution is 2.26. The van der Waals surface area contributed by atoms with Crippen molar-refractivity contribution in [3.63, 3.8) is 0 Å². The van der Waals surface area contributed by atoms with Crippen molar-refractivity contribution in [2.75, 3.05) is 7.11 Å². The summed E-state index contributed by atoms with van der Waals surface area (Å²) in [5, 5.41) is 18.4. The number of methoxy groups -OCH3 is 1. The SMILES string of the molecule is COC(=O)c1cc(C)c(S(N)(=O)=O)s1.Cc1cc(C(=O)O)sc1S(N)(=O)=O. The van der Waals surface area contributed by atoms with Crippen molar-refractivity contribution in [2.45, 2.75) is 22.3 Å². The molecule has 0 radical (unpaired) electrons. The topological polar surface area (TPSA) is 184 Å². The molecule has 2 rings (SSSR count). The average molecular weight is 457 g/mol. The van der Waals surface area contributed by atoms with Crippen LogP contribution in [0.25, 0.3) is 0 Å². The predicted octanol–water partition coefficient (Wildman–Crippen LogP) is 0.893. The summed E-state index contributed by atoms with van der Waals surface area (Å²) < 4.78 is 48.2. The molecule has 0 bridgehead atoms. The summed E-state index contributed by atoms with van der Waals surface area (Å²) in [6.07, 6.45) is 0. The van der Waals surface area contributed by atoms with E-state index in [2.05, 4.69) is 4.74 Å². The molecule has 2 aromatic rings. The van der Waals surface area contributed by atoms with Gasteiger partial charge in [0, 0.05) is 0 Å². The summed E-state index contributed by atoms with van der Waals surface area (Å²) in [4.78, 5) is 21.7. The average Bonchev–Trinajstić information content (AvgIpc) is 3.09. The van der Waals surface area contributed by atoms with E-state index in [1.54, 1.807) is 6.92 Å². The molecule has 10 nitrogen and oxygen atoms in total. The fourth-order valence-corrected chi connectivity index (χ4v) is 5.85. The molecular weight excluding hydrogens is 440 g/mol. The minimum Gasteiger partial charge on any atom is -0.477 e. The number of primary sulfonamides is 2. The lowest BCUT2D eigenvalue weighted by atomic mass is 10.3. The van der Waals surface area contributed by atoms with Crippen LogP contribution in [-0.4, -0.2) is 41.0 Å².